The van der Waals surface area contributed by atoms with Gasteiger partial charge in [0.1, 0.15) is 0 Å². The van der Waals surface area contributed by atoms with Crippen molar-refractivity contribution in [2.75, 3.05) is 0 Å². The highest BCUT2D eigenvalue weighted by molar-refractivity contribution is 5.69. The smallest absolute Gasteiger partial charge is 0.308 e. The molecule has 0 saturated carbocycles. The first-order chi connectivity index (χ1) is 9.56. The Morgan fingerprint density at radius 3 is 2.95 bits per heavy atom. The summed E-state index contributed by atoms with van der Waals surface area (Å²) in [5.74, 6) is 0.315. The topological polar surface area (TPSA) is 87.2 Å². The van der Waals surface area contributed by atoms with Gasteiger partial charge in [-0.15, -0.1) is 0 Å². The van der Waals surface area contributed by atoms with Gasteiger partial charge < -0.3 is 13.8 Å². The second kappa shape index (κ2) is 6.14. The number of pyridine rings is 1. The van der Waals surface area contributed by atoms with Crippen molar-refractivity contribution in [3.8, 4) is 0 Å². The number of aryl methyl sites for hydroxylation is 2. The third-order valence-corrected chi connectivity index (χ3v) is 2.66. The van der Waals surface area contributed by atoms with Gasteiger partial charge in [0.25, 0.3) is 11.4 Å². The third-order valence-electron chi connectivity index (χ3n) is 2.66. The standard InChI is InChI=1S/C13H15N3O4/c1-9(13-14-10(2)15-20-13)19-12(18)6-8-16-7-4-3-5-11(16)17/h3-5,7,9H,6,8H2,1-2H3. The molecule has 1 unspecified atom stereocenters. The van der Waals surface area contributed by atoms with Crippen LogP contribution in [-0.4, -0.2) is 20.7 Å². The molecule has 106 valence electrons. The molecule has 0 aliphatic rings. The highest BCUT2D eigenvalue weighted by atomic mass is 16.6. The highest BCUT2D eigenvalue weighted by Gasteiger charge is 2.17. The number of aromatic nitrogens is 3. The minimum atomic E-state index is -0.601. The first-order valence-electron chi connectivity index (χ1n) is 6.21. The summed E-state index contributed by atoms with van der Waals surface area (Å²) < 4.78 is 11.5. The average molecular weight is 277 g/mol. The zero-order valence-corrected chi connectivity index (χ0v) is 11.3. The number of carbonyl (C=O) groups is 1. The van der Waals surface area contributed by atoms with Gasteiger partial charge in [-0.3, -0.25) is 9.59 Å². The van der Waals surface area contributed by atoms with E-state index in [-0.39, 0.29) is 24.4 Å². The van der Waals surface area contributed by atoms with Crippen molar-refractivity contribution in [3.05, 3.63) is 46.5 Å². The Morgan fingerprint density at radius 1 is 1.50 bits per heavy atom. The minimum Gasteiger partial charge on any atom is -0.452 e. The van der Waals surface area contributed by atoms with Crippen LogP contribution >= 0.6 is 0 Å². The van der Waals surface area contributed by atoms with Crippen LogP contribution in [0.3, 0.4) is 0 Å². The Morgan fingerprint density at radius 2 is 2.30 bits per heavy atom. The summed E-state index contributed by atoms with van der Waals surface area (Å²) in [6, 6.07) is 4.82. The molecule has 0 bridgehead atoms. The molecular weight excluding hydrogens is 262 g/mol. The molecule has 0 aliphatic heterocycles. The fourth-order valence-corrected chi connectivity index (χ4v) is 1.64. The number of nitrogens with zero attached hydrogens (tertiary/aromatic N) is 3. The summed E-state index contributed by atoms with van der Waals surface area (Å²) >= 11 is 0. The Hall–Kier alpha value is -2.44. The summed E-state index contributed by atoms with van der Waals surface area (Å²) in [5, 5.41) is 3.63. The SMILES string of the molecule is Cc1noc(C(C)OC(=O)CCn2ccccc2=O)n1. The molecule has 7 nitrogen and oxygen atoms in total. The Labute approximate surface area is 115 Å². The molecule has 7 heteroatoms. The van der Waals surface area contributed by atoms with Crippen LogP contribution in [0.4, 0.5) is 0 Å². The van der Waals surface area contributed by atoms with Crippen LogP contribution in [0.25, 0.3) is 0 Å². The number of esters is 1. The first-order valence-corrected chi connectivity index (χ1v) is 6.21. The minimum absolute atomic E-state index is 0.0986. The van der Waals surface area contributed by atoms with Crippen LogP contribution < -0.4 is 5.56 Å². The third kappa shape index (κ3) is 3.53. The maximum Gasteiger partial charge on any atom is 0.308 e. The van der Waals surface area contributed by atoms with E-state index in [0.717, 1.165) is 0 Å². The largest absolute Gasteiger partial charge is 0.452 e. The summed E-state index contributed by atoms with van der Waals surface area (Å²) in [7, 11) is 0. The summed E-state index contributed by atoms with van der Waals surface area (Å²) in [6.07, 6.45) is 1.12. The molecule has 0 fully saturated rings. The van der Waals surface area contributed by atoms with E-state index in [1.54, 1.807) is 32.2 Å². The first kappa shape index (κ1) is 14.0. The van der Waals surface area contributed by atoms with Gasteiger partial charge in [-0.1, -0.05) is 11.2 Å². The molecular formula is C13H15N3O4. The van der Waals surface area contributed by atoms with E-state index in [2.05, 4.69) is 10.1 Å². The lowest BCUT2D eigenvalue weighted by Gasteiger charge is -2.09. The Balaban J connectivity index is 1.87. The number of hydrogen-bond donors (Lipinski definition) is 0. The van der Waals surface area contributed by atoms with E-state index in [4.69, 9.17) is 9.26 Å². The molecule has 0 N–H and O–H groups in total. The molecule has 1 atom stereocenters. The molecule has 2 rings (SSSR count). The van der Waals surface area contributed by atoms with Crippen molar-refractivity contribution in [2.24, 2.45) is 0 Å². The van der Waals surface area contributed by atoms with E-state index in [0.29, 0.717) is 5.82 Å². The maximum atomic E-state index is 11.7. The number of carbonyl (C=O) groups excluding carboxylic acids is 1. The predicted octanol–water partition coefficient (Wildman–Crippen LogP) is 1.23. The molecule has 2 aromatic heterocycles. The van der Waals surface area contributed by atoms with Gasteiger partial charge in [0.15, 0.2) is 11.9 Å². The van der Waals surface area contributed by atoms with Gasteiger partial charge >= 0.3 is 5.97 Å². The van der Waals surface area contributed by atoms with Gasteiger partial charge in [0.2, 0.25) is 0 Å². The van der Waals surface area contributed by atoms with Crippen molar-refractivity contribution in [1.82, 2.24) is 14.7 Å². The summed E-state index contributed by atoms with van der Waals surface area (Å²) in [4.78, 5) is 27.1. The van der Waals surface area contributed by atoms with E-state index < -0.39 is 12.1 Å². The molecule has 0 spiro atoms. The fraction of sp³-hybridized carbons (Fsp3) is 0.385. The van der Waals surface area contributed by atoms with Crippen LogP contribution in [0.1, 0.15) is 31.2 Å². The predicted molar refractivity (Wildman–Crippen MR) is 68.9 cm³/mol. The zero-order chi connectivity index (χ0) is 14.5. The molecule has 2 heterocycles. The van der Waals surface area contributed by atoms with Crippen molar-refractivity contribution >= 4 is 5.97 Å². The summed E-state index contributed by atoms with van der Waals surface area (Å²) in [5.41, 5.74) is -0.152. The molecule has 0 amide bonds. The molecule has 0 radical (unpaired) electrons. The van der Waals surface area contributed by atoms with Crippen molar-refractivity contribution in [1.29, 1.82) is 0 Å². The van der Waals surface area contributed by atoms with Gasteiger partial charge in [-0.25, -0.2) is 0 Å². The zero-order valence-electron chi connectivity index (χ0n) is 11.3. The van der Waals surface area contributed by atoms with Crippen LogP contribution in [0, 0.1) is 6.92 Å². The van der Waals surface area contributed by atoms with Crippen molar-refractivity contribution < 1.29 is 14.1 Å². The maximum absolute atomic E-state index is 11.7. The molecule has 0 saturated heterocycles. The van der Waals surface area contributed by atoms with Crippen LogP contribution in [0.15, 0.2) is 33.7 Å². The molecule has 0 aliphatic carbocycles. The van der Waals surface area contributed by atoms with Gasteiger partial charge in [0, 0.05) is 18.8 Å². The van der Waals surface area contributed by atoms with Gasteiger partial charge in [0.05, 0.1) is 6.42 Å². The lowest BCUT2D eigenvalue weighted by Crippen LogP contribution is -2.20. The number of rotatable bonds is 5. The normalized spacial score (nSPS) is 12.1. The van der Waals surface area contributed by atoms with Crippen LogP contribution in [0.2, 0.25) is 0 Å². The van der Waals surface area contributed by atoms with E-state index in [1.165, 1.54) is 10.6 Å². The lowest BCUT2D eigenvalue weighted by atomic mass is 10.3. The van der Waals surface area contributed by atoms with Crippen molar-refractivity contribution in [2.45, 2.75) is 32.9 Å². The number of hydrogen-bond acceptors (Lipinski definition) is 6. The fourth-order valence-electron chi connectivity index (χ4n) is 1.64. The lowest BCUT2D eigenvalue weighted by molar-refractivity contribution is -0.150. The second-order valence-electron chi connectivity index (χ2n) is 4.29. The molecule has 2 aromatic rings. The van der Waals surface area contributed by atoms with E-state index in [9.17, 15) is 9.59 Å². The highest BCUT2D eigenvalue weighted by Crippen LogP contribution is 2.14. The van der Waals surface area contributed by atoms with E-state index >= 15 is 0 Å². The van der Waals surface area contributed by atoms with Crippen molar-refractivity contribution in [3.63, 3.8) is 0 Å². The average Bonchev–Trinajstić information content (AvgIpc) is 2.84. The Bertz CT molecular complexity index is 647. The molecule has 0 aromatic carbocycles. The van der Waals surface area contributed by atoms with Crippen LogP contribution in [-0.2, 0) is 16.1 Å². The Kier molecular flexibility index (Phi) is 4.29. The number of ether oxygens (including phenoxy) is 1. The monoisotopic (exact) mass is 277 g/mol. The second-order valence-corrected chi connectivity index (χ2v) is 4.29. The van der Waals surface area contributed by atoms with E-state index in [1.807, 2.05) is 0 Å². The molecule has 20 heavy (non-hydrogen) atoms. The van der Waals surface area contributed by atoms with Gasteiger partial charge in [-0.2, -0.15) is 4.98 Å². The van der Waals surface area contributed by atoms with Gasteiger partial charge in [-0.05, 0) is 19.9 Å². The van der Waals surface area contributed by atoms with Crippen LogP contribution in [0.5, 0.6) is 0 Å². The quantitative estimate of drug-likeness (QED) is 0.764. The summed E-state index contributed by atoms with van der Waals surface area (Å²) in [6.45, 7) is 3.61.